The van der Waals surface area contributed by atoms with Gasteiger partial charge in [-0.3, -0.25) is 13.8 Å². The molecule has 0 spiro atoms. The average Bonchev–Trinajstić information content (AvgIpc) is 3.24. The zero-order valence-electron chi connectivity index (χ0n) is 37.6. The van der Waals surface area contributed by atoms with Crippen molar-refractivity contribution in [2.45, 2.75) is 180 Å². The molecule has 0 aliphatic rings. The third-order valence-corrected chi connectivity index (χ3v) is 10.2. The molecule has 0 rings (SSSR count). The Morgan fingerprint density at radius 2 is 0.900 bits per heavy atom. The molecule has 0 fully saturated rings. The number of aliphatic hydroxyl groups excluding tert-OH is 2. The molecule has 344 valence electrons. The predicted molar refractivity (Wildman–Crippen MR) is 251 cm³/mol. The Bertz CT molecular complexity index is 1250. The van der Waals surface area contributed by atoms with E-state index in [0.717, 1.165) is 103 Å². The molecule has 0 aliphatic carbocycles. The molecule has 60 heavy (non-hydrogen) atoms. The van der Waals surface area contributed by atoms with Gasteiger partial charge < -0.3 is 24.6 Å². The first-order valence-corrected chi connectivity index (χ1v) is 24.7. The smallest absolute Gasteiger partial charge is 0.457 e. The molecule has 3 unspecified atom stereocenters. The minimum absolute atomic E-state index is 0.0294. The van der Waals surface area contributed by atoms with Gasteiger partial charge in [-0.1, -0.05) is 169 Å². The molecular formula is C50H85O9P. The lowest BCUT2D eigenvalue weighted by molar-refractivity contribution is -0.154. The number of phosphoric acid groups is 1. The summed E-state index contributed by atoms with van der Waals surface area (Å²) in [6.07, 6.45) is 57.9. The minimum Gasteiger partial charge on any atom is -0.457 e. The van der Waals surface area contributed by atoms with Crippen LogP contribution in [-0.4, -0.2) is 66.3 Å². The van der Waals surface area contributed by atoms with Crippen LogP contribution in [0.2, 0.25) is 0 Å². The molecule has 0 aromatic rings. The number of allylic oxidation sites excluding steroid dienone is 16. The van der Waals surface area contributed by atoms with Crippen LogP contribution in [0.3, 0.4) is 0 Å². The highest BCUT2D eigenvalue weighted by Gasteiger charge is 2.26. The first-order valence-electron chi connectivity index (χ1n) is 23.2. The molecule has 9 nitrogen and oxygen atoms in total. The van der Waals surface area contributed by atoms with Crippen molar-refractivity contribution in [1.82, 2.24) is 0 Å². The van der Waals surface area contributed by atoms with Gasteiger partial charge in [-0.2, -0.15) is 0 Å². The van der Waals surface area contributed by atoms with E-state index in [1.54, 1.807) is 0 Å². The molecule has 0 saturated heterocycles. The molecule has 0 bridgehead atoms. The maximum absolute atomic E-state index is 12.7. The van der Waals surface area contributed by atoms with Crippen LogP contribution in [0.4, 0.5) is 0 Å². The van der Waals surface area contributed by atoms with Gasteiger partial charge in [0.2, 0.25) is 0 Å². The van der Waals surface area contributed by atoms with Gasteiger partial charge in [0.05, 0.1) is 26.4 Å². The SMILES string of the molecule is CC/C=C\C/C=C\C/C=C\C/C=C\C/C=C\CCCCCCCCCC(=O)OC(COCCCCCCCC/C=C\C/C=C\C/C=C\CC)COP(=O)(O)OCC(O)CO. The van der Waals surface area contributed by atoms with Crippen molar-refractivity contribution in [2.24, 2.45) is 0 Å². The molecule has 0 aromatic carbocycles. The van der Waals surface area contributed by atoms with E-state index < -0.39 is 45.8 Å². The molecule has 0 saturated carbocycles. The Kier molecular flexibility index (Phi) is 43.9. The maximum Gasteiger partial charge on any atom is 0.472 e. The fourth-order valence-corrected chi connectivity index (χ4v) is 6.60. The molecule has 0 heterocycles. The van der Waals surface area contributed by atoms with E-state index in [1.807, 2.05) is 0 Å². The zero-order chi connectivity index (χ0) is 43.9. The van der Waals surface area contributed by atoms with Crippen molar-refractivity contribution in [3.8, 4) is 0 Å². The van der Waals surface area contributed by atoms with E-state index in [0.29, 0.717) is 13.0 Å². The molecule has 3 atom stereocenters. The van der Waals surface area contributed by atoms with E-state index in [4.69, 9.17) is 23.6 Å². The normalized spacial score (nSPS) is 14.8. The summed E-state index contributed by atoms with van der Waals surface area (Å²) in [5.41, 5.74) is 0. The number of esters is 1. The number of phosphoric ester groups is 1. The second-order valence-electron chi connectivity index (χ2n) is 15.0. The summed E-state index contributed by atoms with van der Waals surface area (Å²) in [4.78, 5) is 22.6. The minimum atomic E-state index is -4.53. The summed E-state index contributed by atoms with van der Waals surface area (Å²) >= 11 is 0. The van der Waals surface area contributed by atoms with Gasteiger partial charge in [-0.15, -0.1) is 0 Å². The number of hydrogen-bond acceptors (Lipinski definition) is 8. The fraction of sp³-hybridized carbons (Fsp3) is 0.660. The van der Waals surface area contributed by atoms with Crippen molar-refractivity contribution in [3.63, 3.8) is 0 Å². The van der Waals surface area contributed by atoms with Crippen LogP contribution in [-0.2, 0) is 27.9 Å². The van der Waals surface area contributed by atoms with E-state index >= 15 is 0 Å². The van der Waals surface area contributed by atoms with Gasteiger partial charge in [0.1, 0.15) is 12.2 Å². The van der Waals surface area contributed by atoms with Crippen molar-refractivity contribution in [2.75, 3.05) is 33.0 Å². The van der Waals surface area contributed by atoms with Crippen LogP contribution < -0.4 is 0 Å². The maximum atomic E-state index is 12.7. The lowest BCUT2D eigenvalue weighted by Crippen LogP contribution is -2.29. The van der Waals surface area contributed by atoms with Crippen LogP contribution in [0.1, 0.15) is 168 Å². The third-order valence-electron chi connectivity index (χ3n) is 9.27. The van der Waals surface area contributed by atoms with Gasteiger partial charge in [-0.05, 0) is 89.9 Å². The number of aliphatic hydroxyl groups is 2. The number of ether oxygens (including phenoxy) is 2. The quantitative estimate of drug-likeness (QED) is 0.0237. The molecule has 0 amide bonds. The van der Waals surface area contributed by atoms with Gasteiger partial charge in [0.15, 0.2) is 0 Å². The largest absolute Gasteiger partial charge is 0.472 e. The first-order chi connectivity index (χ1) is 29.3. The van der Waals surface area contributed by atoms with E-state index in [2.05, 4.69) is 111 Å². The van der Waals surface area contributed by atoms with Gasteiger partial charge in [0, 0.05) is 13.0 Å². The van der Waals surface area contributed by atoms with Crippen LogP contribution in [0.25, 0.3) is 0 Å². The molecule has 3 N–H and O–H groups in total. The number of carbonyl (C=O) groups is 1. The molecule has 0 aromatic heterocycles. The van der Waals surface area contributed by atoms with Crippen molar-refractivity contribution in [1.29, 1.82) is 0 Å². The second kappa shape index (κ2) is 45.9. The Morgan fingerprint density at radius 3 is 1.35 bits per heavy atom. The first kappa shape index (κ1) is 57.4. The fourth-order valence-electron chi connectivity index (χ4n) is 5.81. The Hall–Kier alpha value is -2.62. The highest BCUT2D eigenvalue weighted by atomic mass is 31.2. The molecule has 0 aliphatic heterocycles. The van der Waals surface area contributed by atoms with Crippen LogP contribution in [0.5, 0.6) is 0 Å². The van der Waals surface area contributed by atoms with Crippen LogP contribution >= 0.6 is 7.82 Å². The highest BCUT2D eigenvalue weighted by Crippen LogP contribution is 2.43. The average molecular weight is 861 g/mol. The summed E-state index contributed by atoms with van der Waals surface area (Å²) in [5.74, 6) is -0.403. The summed E-state index contributed by atoms with van der Waals surface area (Å²) in [6, 6.07) is 0. The Morgan fingerprint density at radius 1 is 0.517 bits per heavy atom. The van der Waals surface area contributed by atoms with Crippen molar-refractivity contribution in [3.05, 3.63) is 97.2 Å². The van der Waals surface area contributed by atoms with Gasteiger partial charge in [0.25, 0.3) is 0 Å². The lowest BCUT2D eigenvalue weighted by Gasteiger charge is -2.20. The van der Waals surface area contributed by atoms with E-state index in [9.17, 15) is 19.4 Å². The van der Waals surface area contributed by atoms with E-state index in [-0.39, 0.29) is 13.0 Å². The summed E-state index contributed by atoms with van der Waals surface area (Å²) in [7, 11) is -4.53. The number of hydrogen-bond donors (Lipinski definition) is 3. The second-order valence-corrected chi connectivity index (χ2v) is 16.5. The number of carbonyl (C=O) groups excluding carboxylic acids is 1. The lowest BCUT2D eigenvalue weighted by atomic mass is 10.1. The van der Waals surface area contributed by atoms with E-state index in [1.165, 1.54) is 38.5 Å². The summed E-state index contributed by atoms with van der Waals surface area (Å²) < 4.78 is 33.4. The van der Waals surface area contributed by atoms with Crippen LogP contribution in [0.15, 0.2) is 97.2 Å². The zero-order valence-corrected chi connectivity index (χ0v) is 38.5. The van der Waals surface area contributed by atoms with Gasteiger partial charge >= 0.3 is 13.8 Å². The van der Waals surface area contributed by atoms with Crippen molar-refractivity contribution < 1.29 is 43.0 Å². The standard InChI is InChI=1S/C50H85O9P/c1-3-5-7-9-11-13-15-17-19-21-22-23-24-25-26-27-28-30-32-34-36-38-40-42-50(53)59-49(47-58-60(54,55)57-45-48(52)44-51)46-56-43-41-39-37-35-33-31-29-20-18-16-14-12-10-8-6-4-2/h5-8,11-14,17-20,22-23,25-26,48-49,51-52H,3-4,9-10,15-16,21,24,27-47H2,1-2H3,(H,54,55)/b7-5-,8-6-,13-11-,14-12-,19-17-,20-18-,23-22-,26-25-. The number of rotatable bonds is 43. The molecular weight excluding hydrogens is 776 g/mol. The predicted octanol–water partition coefficient (Wildman–Crippen LogP) is 13.3. The monoisotopic (exact) mass is 861 g/mol. The third kappa shape index (κ3) is 44.9. The topological polar surface area (TPSA) is 132 Å². The molecule has 0 radical (unpaired) electrons. The Balaban J connectivity index is 4.19. The highest BCUT2D eigenvalue weighted by molar-refractivity contribution is 7.47. The number of unbranched alkanes of at least 4 members (excludes halogenated alkanes) is 13. The summed E-state index contributed by atoms with van der Waals surface area (Å²) in [5, 5.41) is 18.4. The summed E-state index contributed by atoms with van der Waals surface area (Å²) in [6.45, 7) is 3.23. The van der Waals surface area contributed by atoms with Gasteiger partial charge in [-0.25, -0.2) is 4.57 Å². The Labute approximate surface area is 366 Å². The van der Waals surface area contributed by atoms with Crippen LogP contribution in [0, 0.1) is 0 Å². The molecule has 10 heteroatoms. The van der Waals surface area contributed by atoms with Crippen molar-refractivity contribution >= 4 is 13.8 Å².